The number of aromatic nitrogens is 6. The Balaban J connectivity index is 1.46. The summed E-state index contributed by atoms with van der Waals surface area (Å²) in [6.07, 6.45) is 5.08. The molecule has 13 heteroatoms. The number of likely N-dealkylation sites (N-methyl/N-ethyl adjacent to an activating group) is 1. The number of pyridine rings is 1. The van der Waals surface area contributed by atoms with E-state index in [2.05, 4.69) is 25.6 Å². The van der Waals surface area contributed by atoms with E-state index < -0.39 is 17.9 Å². The molecule has 43 heavy (non-hydrogen) atoms. The number of carbonyl (C=O) groups is 1. The molecule has 1 aliphatic heterocycles. The van der Waals surface area contributed by atoms with Crippen molar-refractivity contribution in [2.45, 2.75) is 25.4 Å². The van der Waals surface area contributed by atoms with E-state index in [1.165, 1.54) is 33.8 Å². The van der Waals surface area contributed by atoms with Gasteiger partial charge in [-0.1, -0.05) is 28.4 Å². The van der Waals surface area contributed by atoms with Gasteiger partial charge >= 0.3 is 0 Å². The third-order valence-electron chi connectivity index (χ3n) is 7.59. The number of hydrogen-bond donors (Lipinski definition) is 1. The second-order valence-electron chi connectivity index (χ2n) is 10.3. The Kier molecular flexibility index (Phi) is 7.78. The van der Waals surface area contributed by atoms with Gasteiger partial charge in [0.15, 0.2) is 5.15 Å². The lowest BCUT2D eigenvalue weighted by Gasteiger charge is -2.28. The summed E-state index contributed by atoms with van der Waals surface area (Å²) in [5.74, 6) is -0.666. The fourth-order valence-corrected chi connectivity index (χ4v) is 5.41. The first kappa shape index (κ1) is 28.7. The van der Waals surface area contributed by atoms with Crippen molar-refractivity contribution in [3.63, 3.8) is 0 Å². The van der Waals surface area contributed by atoms with Crippen LogP contribution in [-0.4, -0.2) is 60.0 Å². The van der Waals surface area contributed by atoms with E-state index in [-0.39, 0.29) is 16.6 Å². The van der Waals surface area contributed by atoms with Gasteiger partial charge in [0.1, 0.15) is 5.82 Å². The van der Waals surface area contributed by atoms with Crippen molar-refractivity contribution in [1.82, 2.24) is 34.4 Å². The summed E-state index contributed by atoms with van der Waals surface area (Å²) in [5.41, 5.74) is 3.45. The maximum Gasteiger partial charge on any atom is 0.254 e. The molecular formula is C30H25Cl2FN8O2. The van der Waals surface area contributed by atoms with E-state index in [4.69, 9.17) is 23.2 Å². The van der Waals surface area contributed by atoms with Crippen LogP contribution in [0.5, 0.6) is 0 Å². The lowest BCUT2D eigenvalue weighted by Crippen LogP contribution is -2.41. The van der Waals surface area contributed by atoms with E-state index in [1.54, 1.807) is 49.6 Å². The van der Waals surface area contributed by atoms with Gasteiger partial charge in [0.05, 0.1) is 41.7 Å². The van der Waals surface area contributed by atoms with Gasteiger partial charge in [0.2, 0.25) is 5.91 Å². The zero-order chi connectivity index (χ0) is 30.2. The fourth-order valence-electron chi connectivity index (χ4n) is 5.11. The van der Waals surface area contributed by atoms with Gasteiger partial charge < -0.3 is 5.32 Å². The van der Waals surface area contributed by atoms with Crippen molar-refractivity contribution >= 4 is 34.8 Å². The SMILES string of the molecule is C[C@H]1C(=O)Nc2ccc(F)cc2-c2ccnc(c2)[C@@H](n2cnc(-c3cc(Cl)ccc3-n3cc(Cl)nn3)cc2=O)CCN1C. The number of nitrogens with zero attached hydrogens (tertiary/aromatic N) is 7. The number of amides is 1. The summed E-state index contributed by atoms with van der Waals surface area (Å²) in [5, 5.41) is 11.5. The molecule has 2 aromatic carbocycles. The summed E-state index contributed by atoms with van der Waals surface area (Å²) in [6, 6.07) is 13.3. The molecule has 4 heterocycles. The zero-order valence-electron chi connectivity index (χ0n) is 23.1. The third-order valence-corrected chi connectivity index (χ3v) is 8.00. The van der Waals surface area contributed by atoms with Gasteiger partial charge in [0, 0.05) is 40.6 Å². The first-order chi connectivity index (χ1) is 20.7. The van der Waals surface area contributed by atoms with Crippen LogP contribution in [-0.2, 0) is 4.79 Å². The molecule has 0 saturated carbocycles. The lowest BCUT2D eigenvalue weighted by atomic mass is 9.99. The Morgan fingerprint density at radius 1 is 1.00 bits per heavy atom. The molecule has 0 fully saturated rings. The number of halogens is 3. The van der Waals surface area contributed by atoms with Gasteiger partial charge in [0.25, 0.3) is 5.56 Å². The Morgan fingerprint density at radius 2 is 1.84 bits per heavy atom. The molecule has 1 amide bonds. The molecule has 218 valence electrons. The minimum Gasteiger partial charge on any atom is -0.324 e. The van der Waals surface area contributed by atoms with Gasteiger partial charge in [-0.2, -0.15) is 0 Å². The van der Waals surface area contributed by atoms with Crippen LogP contribution in [0.1, 0.15) is 25.1 Å². The van der Waals surface area contributed by atoms with Crippen LogP contribution >= 0.6 is 23.2 Å². The minimum absolute atomic E-state index is 0.212. The average Bonchev–Trinajstić information content (AvgIpc) is 3.43. The summed E-state index contributed by atoms with van der Waals surface area (Å²) in [6.45, 7) is 2.27. The molecule has 0 unspecified atom stereocenters. The predicted octanol–water partition coefficient (Wildman–Crippen LogP) is 5.25. The van der Waals surface area contributed by atoms with Gasteiger partial charge in [-0.3, -0.25) is 24.0 Å². The second-order valence-corrected chi connectivity index (χ2v) is 11.1. The van der Waals surface area contributed by atoms with Crippen molar-refractivity contribution in [3.8, 4) is 28.1 Å². The minimum atomic E-state index is -0.531. The van der Waals surface area contributed by atoms with E-state index in [9.17, 15) is 14.0 Å². The summed E-state index contributed by atoms with van der Waals surface area (Å²) in [7, 11) is 1.84. The van der Waals surface area contributed by atoms with Crippen molar-refractivity contribution in [3.05, 3.63) is 105 Å². The lowest BCUT2D eigenvalue weighted by molar-refractivity contribution is -0.120. The number of rotatable bonds is 3. The molecule has 1 N–H and O–H groups in total. The van der Waals surface area contributed by atoms with Crippen molar-refractivity contribution in [1.29, 1.82) is 0 Å². The number of nitrogens with one attached hydrogen (secondary N) is 1. The number of fused-ring (bicyclic) bond motifs is 4. The molecule has 2 atom stereocenters. The molecule has 1 aliphatic rings. The summed E-state index contributed by atoms with van der Waals surface area (Å²) >= 11 is 12.3. The topological polar surface area (TPSA) is 111 Å². The van der Waals surface area contributed by atoms with Gasteiger partial charge in [-0.15, -0.1) is 5.10 Å². The highest BCUT2D eigenvalue weighted by Crippen LogP contribution is 2.33. The van der Waals surface area contributed by atoms with Crippen LogP contribution in [0.4, 0.5) is 10.1 Å². The second kappa shape index (κ2) is 11.7. The molecule has 6 rings (SSSR count). The van der Waals surface area contributed by atoms with Crippen LogP contribution in [0.15, 0.2) is 78.1 Å². The Morgan fingerprint density at radius 3 is 2.60 bits per heavy atom. The predicted molar refractivity (Wildman–Crippen MR) is 162 cm³/mol. The van der Waals surface area contributed by atoms with Crippen LogP contribution in [0.25, 0.3) is 28.1 Å². The number of hydrogen-bond acceptors (Lipinski definition) is 7. The largest absolute Gasteiger partial charge is 0.324 e. The molecule has 0 aliphatic carbocycles. The Bertz CT molecular complexity index is 1910. The maximum atomic E-state index is 14.4. The van der Waals surface area contributed by atoms with Crippen molar-refractivity contribution in [2.75, 3.05) is 18.9 Å². The van der Waals surface area contributed by atoms with E-state index in [0.29, 0.717) is 57.4 Å². The van der Waals surface area contributed by atoms with Crippen LogP contribution in [0, 0.1) is 5.82 Å². The average molecular weight is 619 g/mol. The zero-order valence-corrected chi connectivity index (χ0v) is 24.6. The van der Waals surface area contributed by atoms with Gasteiger partial charge in [-0.05, 0) is 74.5 Å². The molecule has 0 radical (unpaired) electrons. The monoisotopic (exact) mass is 618 g/mol. The number of anilines is 1. The van der Waals surface area contributed by atoms with E-state index in [1.807, 2.05) is 18.0 Å². The smallest absolute Gasteiger partial charge is 0.254 e. The van der Waals surface area contributed by atoms with E-state index >= 15 is 0 Å². The Hall–Kier alpha value is -4.45. The standard InChI is InChI=1S/C30H25Cl2FN8O2/c1-17-30(43)36-23-5-4-20(33)13-21(23)18-7-9-34-25(11-18)27(8-10-39(17)2)40-16-35-24(14-29(40)42)22-12-19(31)3-6-26(22)41-15-28(32)37-38-41/h3-7,9,11-17,27H,8,10H2,1-2H3,(H,36,43)/t17-,27-/m0/s1. The highest BCUT2D eigenvalue weighted by Gasteiger charge is 2.25. The summed E-state index contributed by atoms with van der Waals surface area (Å²) in [4.78, 5) is 38.0. The van der Waals surface area contributed by atoms with E-state index in [0.717, 1.165) is 0 Å². The quantitative estimate of drug-likeness (QED) is 0.294. The van der Waals surface area contributed by atoms with Crippen LogP contribution in [0.3, 0.4) is 0 Å². The van der Waals surface area contributed by atoms with Crippen LogP contribution in [0.2, 0.25) is 10.2 Å². The summed E-state index contributed by atoms with van der Waals surface area (Å²) < 4.78 is 17.4. The first-order valence-corrected chi connectivity index (χ1v) is 14.2. The van der Waals surface area contributed by atoms with Crippen molar-refractivity contribution < 1.29 is 9.18 Å². The normalized spacial score (nSPS) is 17.5. The third kappa shape index (κ3) is 5.79. The Labute approximate surface area is 255 Å². The molecule has 3 aromatic heterocycles. The highest BCUT2D eigenvalue weighted by atomic mass is 35.5. The van der Waals surface area contributed by atoms with Crippen LogP contribution < -0.4 is 10.9 Å². The highest BCUT2D eigenvalue weighted by molar-refractivity contribution is 6.31. The fraction of sp³-hybridized carbons (Fsp3) is 0.200. The number of carbonyl (C=O) groups excluding carboxylic acids is 1. The number of benzene rings is 2. The molecule has 10 nitrogen and oxygen atoms in total. The molecule has 0 spiro atoms. The molecule has 5 aromatic rings. The molecular weight excluding hydrogens is 594 g/mol. The van der Waals surface area contributed by atoms with Gasteiger partial charge in [-0.25, -0.2) is 14.1 Å². The molecule has 2 bridgehead atoms. The first-order valence-electron chi connectivity index (χ1n) is 13.4. The maximum absolute atomic E-state index is 14.4. The van der Waals surface area contributed by atoms with Crippen molar-refractivity contribution in [2.24, 2.45) is 0 Å². The molecule has 0 saturated heterocycles.